The maximum Gasteiger partial charge on any atom is 0.303 e. The third kappa shape index (κ3) is 7.83. The van der Waals surface area contributed by atoms with Crippen molar-refractivity contribution < 1.29 is 14.7 Å². The Labute approximate surface area is 95.6 Å². The van der Waals surface area contributed by atoms with E-state index < -0.39 is 5.97 Å². The average Bonchev–Trinajstić information content (AvgIpc) is 2.24. The molecule has 0 saturated heterocycles. The van der Waals surface area contributed by atoms with Crippen LogP contribution in [0.4, 0.5) is 0 Å². The summed E-state index contributed by atoms with van der Waals surface area (Å²) in [7, 11) is 0. The number of carboxylic acids is 1. The van der Waals surface area contributed by atoms with E-state index >= 15 is 0 Å². The minimum Gasteiger partial charge on any atom is -0.481 e. The van der Waals surface area contributed by atoms with Crippen LogP contribution in [-0.4, -0.2) is 36.6 Å². The first-order valence-electron chi connectivity index (χ1n) is 5.22. The van der Waals surface area contributed by atoms with Crippen LogP contribution in [-0.2, 0) is 9.59 Å². The molecule has 0 aromatic heterocycles. The number of amides is 1. The second-order valence-corrected chi connectivity index (χ2v) is 3.48. The van der Waals surface area contributed by atoms with Gasteiger partial charge in [-0.05, 0) is 5.92 Å². The SMILES string of the molecule is C#CCNCC(=O)NCC(CC)CC(=O)O. The molecule has 0 saturated carbocycles. The summed E-state index contributed by atoms with van der Waals surface area (Å²) in [5.74, 6) is 1.33. The Bertz CT molecular complexity index is 271. The molecule has 1 unspecified atom stereocenters. The largest absolute Gasteiger partial charge is 0.481 e. The summed E-state index contributed by atoms with van der Waals surface area (Å²) in [6, 6.07) is 0. The topological polar surface area (TPSA) is 78.4 Å². The molecule has 0 aliphatic carbocycles. The maximum absolute atomic E-state index is 11.2. The summed E-state index contributed by atoms with van der Waals surface area (Å²) < 4.78 is 0. The van der Waals surface area contributed by atoms with Gasteiger partial charge in [0, 0.05) is 13.0 Å². The van der Waals surface area contributed by atoms with Crippen LogP contribution in [0.2, 0.25) is 0 Å². The third-order valence-corrected chi connectivity index (χ3v) is 2.14. The van der Waals surface area contributed by atoms with Gasteiger partial charge in [0.25, 0.3) is 0 Å². The fourth-order valence-corrected chi connectivity index (χ4v) is 1.18. The van der Waals surface area contributed by atoms with E-state index in [2.05, 4.69) is 16.6 Å². The van der Waals surface area contributed by atoms with Crippen LogP contribution in [0.5, 0.6) is 0 Å². The molecule has 0 aromatic carbocycles. The van der Waals surface area contributed by atoms with Crippen LogP contribution in [0.15, 0.2) is 0 Å². The molecule has 0 heterocycles. The molecule has 5 heteroatoms. The van der Waals surface area contributed by atoms with Crippen LogP contribution < -0.4 is 10.6 Å². The first-order chi connectivity index (χ1) is 7.60. The average molecular weight is 226 g/mol. The number of carbonyl (C=O) groups is 2. The normalized spacial score (nSPS) is 11.5. The van der Waals surface area contributed by atoms with Gasteiger partial charge in [-0.1, -0.05) is 19.3 Å². The van der Waals surface area contributed by atoms with Crippen LogP contribution in [0.3, 0.4) is 0 Å². The van der Waals surface area contributed by atoms with Gasteiger partial charge in [0.1, 0.15) is 0 Å². The molecule has 0 bridgehead atoms. The summed E-state index contributed by atoms with van der Waals surface area (Å²) in [6.45, 7) is 2.79. The van der Waals surface area contributed by atoms with Gasteiger partial charge >= 0.3 is 5.97 Å². The molecule has 0 aliphatic rings. The number of hydrogen-bond donors (Lipinski definition) is 3. The molecule has 1 atom stereocenters. The molecule has 0 spiro atoms. The Hall–Kier alpha value is -1.54. The Morgan fingerprint density at radius 3 is 2.69 bits per heavy atom. The van der Waals surface area contributed by atoms with Gasteiger partial charge in [-0.25, -0.2) is 0 Å². The van der Waals surface area contributed by atoms with Gasteiger partial charge in [0.05, 0.1) is 13.1 Å². The molecular weight excluding hydrogens is 208 g/mol. The van der Waals surface area contributed by atoms with Crippen molar-refractivity contribution in [2.45, 2.75) is 19.8 Å². The Morgan fingerprint density at radius 2 is 2.19 bits per heavy atom. The molecule has 0 aliphatic heterocycles. The van der Waals surface area contributed by atoms with Crippen molar-refractivity contribution in [3.05, 3.63) is 0 Å². The zero-order chi connectivity index (χ0) is 12.4. The Morgan fingerprint density at radius 1 is 1.50 bits per heavy atom. The van der Waals surface area contributed by atoms with Crippen molar-refractivity contribution in [2.75, 3.05) is 19.6 Å². The van der Waals surface area contributed by atoms with Crippen LogP contribution in [0.1, 0.15) is 19.8 Å². The van der Waals surface area contributed by atoms with E-state index in [1.807, 2.05) is 6.92 Å². The molecule has 0 fully saturated rings. The Kier molecular flexibility index (Phi) is 7.90. The fraction of sp³-hybridized carbons (Fsp3) is 0.636. The number of carbonyl (C=O) groups excluding carboxylic acids is 1. The summed E-state index contributed by atoms with van der Waals surface area (Å²) in [5, 5.41) is 14.0. The highest BCUT2D eigenvalue weighted by Crippen LogP contribution is 2.06. The monoisotopic (exact) mass is 226 g/mol. The second-order valence-electron chi connectivity index (χ2n) is 3.48. The highest BCUT2D eigenvalue weighted by molar-refractivity contribution is 5.78. The second kappa shape index (κ2) is 8.74. The first kappa shape index (κ1) is 14.5. The molecule has 90 valence electrons. The molecule has 0 aromatic rings. The number of hydrogen-bond acceptors (Lipinski definition) is 3. The quantitative estimate of drug-likeness (QED) is 0.396. The Balaban J connectivity index is 3.71. The van der Waals surface area contributed by atoms with Crippen molar-refractivity contribution in [3.8, 4) is 12.3 Å². The summed E-state index contributed by atoms with van der Waals surface area (Å²) >= 11 is 0. The number of nitrogens with one attached hydrogen (secondary N) is 2. The van der Waals surface area contributed by atoms with E-state index in [1.54, 1.807) is 0 Å². The number of rotatable bonds is 8. The minimum absolute atomic E-state index is 0.0194. The molecular formula is C11H18N2O3. The number of carboxylic acid groups (broad SMARTS) is 1. The molecule has 3 N–H and O–H groups in total. The van der Waals surface area contributed by atoms with E-state index in [9.17, 15) is 9.59 Å². The van der Waals surface area contributed by atoms with Gasteiger partial charge in [-0.2, -0.15) is 0 Å². The predicted molar refractivity (Wildman–Crippen MR) is 60.7 cm³/mol. The van der Waals surface area contributed by atoms with Crippen molar-refractivity contribution in [1.82, 2.24) is 10.6 Å². The molecule has 0 radical (unpaired) electrons. The third-order valence-electron chi connectivity index (χ3n) is 2.14. The van der Waals surface area contributed by atoms with E-state index in [1.165, 1.54) is 0 Å². The van der Waals surface area contributed by atoms with Gasteiger partial charge < -0.3 is 10.4 Å². The van der Waals surface area contributed by atoms with Crippen molar-refractivity contribution in [1.29, 1.82) is 0 Å². The maximum atomic E-state index is 11.2. The highest BCUT2D eigenvalue weighted by atomic mass is 16.4. The summed E-state index contributed by atoms with van der Waals surface area (Å²) in [5.41, 5.74) is 0. The van der Waals surface area contributed by atoms with Gasteiger partial charge in [-0.15, -0.1) is 6.42 Å². The predicted octanol–water partition coefficient (Wildman–Crippen LogP) is -0.174. The molecule has 0 rings (SSSR count). The smallest absolute Gasteiger partial charge is 0.303 e. The summed E-state index contributed by atoms with van der Waals surface area (Å²) in [4.78, 5) is 21.7. The lowest BCUT2D eigenvalue weighted by Crippen LogP contribution is -2.37. The number of terminal acetylenes is 1. The van der Waals surface area contributed by atoms with Gasteiger partial charge in [0.15, 0.2) is 0 Å². The zero-order valence-corrected chi connectivity index (χ0v) is 9.45. The van der Waals surface area contributed by atoms with E-state index in [-0.39, 0.29) is 24.8 Å². The lowest BCUT2D eigenvalue weighted by Gasteiger charge is -2.13. The lowest BCUT2D eigenvalue weighted by molar-refractivity contribution is -0.138. The highest BCUT2D eigenvalue weighted by Gasteiger charge is 2.11. The van der Waals surface area contributed by atoms with E-state index in [4.69, 9.17) is 11.5 Å². The number of aliphatic carboxylic acids is 1. The van der Waals surface area contributed by atoms with Crippen LogP contribution in [0.25, 0.3) is 0 Å². The lowest BCUT2D eigenvalue weighted by atomic mass is 10.0. The first-order valence-corrected chi connectivity index (χ1v) is 5.22. The standard InChI is InChI=1S/C11H18N2O3/c1-3-5-12-8-10(14)13-7-9(4-2)6-11(15)16/h1,9,12H,4-8H2,2H3,(H,13,14)(H,15,16). The summed E-state index contributed by atoms with van der Waals surface area (Å²) in [6.07, 6.45) is 5.81. The van der Waals surface area contributed by atoms with E-state index in [0.29, 0.717) is 13.1 Å². The van der Waals surface area contributed by atoms with Crippen molar-refractivity contribution >= 4 is 11.9 Å². The van der Waals surface area contributed by atoms with Crippen LogP contribution in [0, 0.1) is 18.3 Å². The fourth-order valence-electron chi connectivity index (χ4n) is 1.18. The van der Waals surface area contributed by atoms with Crippen molar-refractivity contribution in [2.24, 2.45) is 5.92 Å². The van der Waals surface area contributed by atoms with Crippen LogP contribution >= 0.6 is 0 Å². The van der Waals surface area contributed by atoms with Gasteiger partial charge in [-0.3, -0.25) is 14.9 Å². The van der Waals surface area contributed by atoms with Crippen molar-refractivity contribution in [3.63, 3.8) is 0 Å². The van der Waals surface area contributed by atoms with Gasteiger partial charge in [0.2, 0.25) is 5.91 Å². The zero-order valence-electron chi connectivity index (χ0n) is 9.45. The molecule has 16 heavy (non-hydrogen) atoms. The molecule has 5 nitrogen and oxygen atoms in total. The minimum atomic E-state index is -0.841. The van der Waals surface area contributed by atoms with E-state index in [0.717, 1.165) is 6.42 Å². The molecule has 1 amide bonds.